The fourth-order valence-corrected chi connectivity index (χ4v) is 4.33. The van der Waals surface area contributed by atoms with E-state index in [-0.39, 0.29) is 17.5 Å². The van der Waals surface area contributed by atoms with Crippen LogP contribution in [0.15, 0.2) is 36.0 Å². The first-order valence-electron chi connectivity index (χ1n) is 8.87. The predicted octanol–water partition coefficient (Wildman–Crippen LogP) is 2.91. The fraction of sp³-hybridized carbons (Fsp3) is 0.368. The molecule has 142 valence electrons. The van der Waals surface area contributed by atoms with Crippen LogP contribution < -0.4 is 0 Å². The first-order valence-corrected chi connectivity index (χ1v) is 9.75. The van der Waals surface area contributed by atoms with Gasteiger partial charge in [-0.05, 0) is 23.6 Å². The number of halogens is 1. The smallest absolute Gasteiger partial charge is 0.256 e. The largest absolute Gasteiger partial charge is 0.379 e. The van der Waals surface area contributed by atoms with Gasteiger partial charge in [0, 0.05) is 31.6 Å². The highest BCUT2D eigenvalue weighted by molar-refractivity contribution is 7.10. The molecule has 27 heavy (non-hydrogen) atoms. The summed E-state index contributed by atoms with van der Waals surface area (Å²) in [5.41, 5.74) is 1.29. The van der Waals surface area contributed by atoms with Crippen molar-refractivity contribution in [3.8, 4) is 0 Å². The van der Waals surface area contributed by atoms with Gasteiger partial charge in [0.25, 0.3) is 5.91 Å². The summed E-state index contributed by atoms with van der Waals surface area (Å²) in [6.07, 6.45) is 1.48. The molecule has 1 aliphatic heterocycles. The maximum Gasteiger partial charge on any atom is 0.256 e. The highest BCUT2D eigenvalue weighted by Gasteiger charge is 2.27. The van der Waals surface area contributed by atoms with E-state index in [0.29, 0.717) is 30.8 Å². The van der Waals surface area contributed by atoms with Gasteiger partial charge in [0.05, 0.1) is 36.7 Å². The second kappa shape index (κ2) is 7.75. The van der Waals surface area contributed by atoms with Crippen LogP contribution in [-0.2, 0) is 4.74 Å². The topological polar surface area (TPSA) is 61.5 Å². The number of imidazole rings is 1. The van der Waals surface area contributed by atoms with E-state index in [2.05, 4.69) is 20.9 Å². The number of fused-ring (bicyclic) bond motifs is 1. The fourth-order valence-electron chi connectivity index (χ4n) is 3.48. The molecule has 1 saturated heterocycles. The Morgan fingerprint density at radius 3 is 3.00 bits per heavy atom. The monoisotopic (exact) mass is 388 g/mol. The van der Waals surface area contributed by atoms with E-state index in [0.717, 1.165) is 13.1 Å². The zero-order valence-electron chi connectivity index (χ0n) is 15.0. The lowest BCUT2D eigenvalue weighted by Gasteiger charge is -2.36. The lowest BCUT2D eigenvalue weighted by atomic mass is 10.1. The Morgan fingerprint density at radius 1 is 1.44 bits per heavy atom. The Balaban J connectivity index is 1.59. The maximum absolute atomic E-state index is 13.9. The minimum atomic E-state index is -0.452. The Morgan fingerprint density at radius 2 is 2.26 bits per heavy atom. The summed E-state index contributed by atoms with van der Waals surface area (Å²) >= 11 is 1.68. The molecule has 4 rings (SSSR count). The Bertz CT molecular complexity index is 921. The number of hydrogen-bond donors (Lipinski definition) is 1. The molecule has 3 aromatic rings. The number of benzene rings is 1. The van der Waals surface area contributed by atoms with Crippen molar-refractivity contribution in [3.63, 3.8) is 0 Å². The maximum atomic E-state index is 13.9. The van der Waals surface area contributed by atoms with E-state index in [9.17, 15) is 9.18 Å². The second-order valence-corrected chi connectivity index (χ2v) is 7.60. The van der Waals surface area contributed by atoms with Gasteiger partial charge in [0.2, 0.25) is 0 Å². The minimum absolute atomic E-state index is 0.0890. The van der Waals surface area contributed by atoms with E-state index < -0.39 is 5.82 Å². The first kappa shape index (κ1) is 18.1. The van der Waals surface area contributed by atoms with E-state index >= 15 is 0 Å². The highest BCUT2D eigenvalue weighted by Crippen LogP contribution is 2.28. The average Bonchev–Trinajstić information content (AvgIpc) is 3.37. The highest BCUT2D eigenvalue weighted by atomic mass is 32.1. The van der Waals surface area contributed by atoms with Crippen LogP contribution in [0.2, 0.25) is 0 Å². The molecule has 1 fully saturated rings. The number of thiophene rings is 1. The molecule has 0 spiro atoms. The normalized spacial score (nSPS) is 16.5. The first-order chi connectivity index (χ1) is 13.1. The number of H-pyrrole nitrogens is 1. The quantitative estimate of drug-likeness (QED) is 0.730. The third-order valence-electron chi connectivity index (χ3n) is 4.87. The van der Waals surface area contributed by atoms with Gasteiger partial charge in [-0.25, -0.2) is 9.37 Å². The second-order valence-electron chi connectivity index (χ2n) is 6.62. The molecule has 1 aliphatic rings. The Labute approximate surface area is 160 Å². The van der Waals surface area contributed by atoms with E-state index in [1.165, 1.54) is 23.3 Å². The molecule has 3 heterocycles. The summed E-state index contributed by atoms with van der Waals surface area (Å²) in [6.45, 7) is 3.55. The molecule has 0 saturated carbocycles. The van der Waals surface area contributed by atoms with Crippen LogP contribution in [0, 0.1) is 5.82 Å². The number of rotatable bonds is 5. The Kier molecular flexibility index (Phi) is 5.20. The number of amides is 1. The summed E-state index contributed by atoms with van der Waals surface area (Å²) in [4.78, 5) is 25.3. The summed E-state index contributed by atoms with van der Waals surface area (Å²) in [7, 11) is 1.76. The van der Waals surface area contributed by atoms with Crippen molar-refractivity contribution in [2.45, 2.75) is 6.04 Å². The number of carbonyl (C=O) groups is 1. The van der Waals surface area contributed by atoms with Crippen molar-refractivity contribution < 1.29 is 13.9 Å². The van der Waals surface area contributed by atoms with Crippen LogP contribution in [0.25, 0.3) is 11.0 Å². The SMILES string of the molecule is CN(CC(c1cccs1)N1CCOCC1)C(=O)c1cc(F)cc2[nH]cnc12. The number of aromatic amines is 1. The number of nitrogens with zero attached hydrogens (tertiary/aromatic N) is 3. The van der Waals surface area contributed by atoms with Gasteiger partial charge in [-0.1, -0.05) is 6.07 Å². The number of carbonyl (C=O) groups excluding carboxylic acids is 1. The third-order valence-corrected chi connectivity index (χ3v) is 5.84. The minimum Gasteiger partial charge on any atom is -0.379 e. The summed E-state index contributed by atoms with van der Waals surface area (Å²) in [6, 6.07) is 6.82. The molecule has 6 nitrogen and oxygen atoms in total. The van der Waals surface area contributed by atoms with Gasteiger partial charge < -0.3 is 14.6 Å². The van der Waals surface area contributed by atoms with Crippen LogP contribution in [-0.4, -0.2) is 65.6 Å². The molecule has 1 amide bonds. The van der Waals surface area contributed by atoms with Gasteiger partial charge in [0.1, 0.15) is 11.3 Å². The number of hydrogen-bond acceptors (Lipinski definition) is 5. The molecule has 1 aromatic carbocycles. The van der Waals surface area contributed by atoms with Crippen molar-refractivity contribution >= 4 is 28.3 Å². The molecule has 1 atom stereocenters. The number of likely N-dealkylation sites (N-methyl/N-ethyl adjacent to an activating group) is 1. The van der Waals surface area contributed by atoms with Crippen LogP contribution in [0.3, 0.4) is 0 Å². The molecule has 0 radical (unpaired) electrons. The number of ether oxygens (including phenoxy) is 1. The molecule has 8 heteroatoms. The lowest BCUT2D eigenvalue weighted by Crippen LogP contribution is -2.44. The van der Waals surface area contributed by atoms with Crippen molar-refractivity contribution in [2.75, 3.05) is 39.9 Å². The standard InChI is InChI=1S/C19H21FN4O2S/c1-23(19(25)14-9-13(20)10-15-18(14)22-12-21-15)11-16(17-3-2-8-27-17)24-4-6-26-7-5-24/h2-3,8-10,12,16H,4-7,11H2,1H3,(H,21,22). The van der Waals surface area contributed by atoms with Crippen molar-refractivity contribution in [1.82, 2.24) is 19.8 Å². The van der Waals surface area contributed by atoms with Gasteiger partial charge in [0.15, 0.2) is 0 Å². The number of aromatic nitrogens is 2. The van der Waals surface area contributed by atoms with Crippen molar-refractivity contribution in [3.05, 3.63) is 52.2 Å². The summed E-state index contributed by atoms with van der Waals surface area (Å²) in [5, 5.41) is 2.05. The average molecular weight is 388 g/mol. The van der Waals surface area contributed by atoms with Gasteiger partial charge in [-0.3, -0.25) is 9.69 Å². The van der Waals surface area contributed by atoms with Gasteiger partial charge in [-0.15, -0.1) is 11.3 Å². The van der Waals surface area contributed by atoms with Gasteiger partial charge >= 0.3 is 0 Å². The molecule has 0 bridgehead atoms. The zero-order chi connectivity index (χ0) is 18.8. The molecule has 2 aromatic heterocycles. The van der Waals surface area contributed by atoms with E-state index in [1.54, 1.807) is 23.3 Å². The predicted molar refractivity (Wildman–Crippen MR) is 102 cm³/mol. The molecule has 0 aliphatic carbocycles. The molecule has 1 unspecified atom stereocenters. The van der Waals surface area contributed by atoms with E-state index in [1.807, 2.05) is 11.4 Å². The van der Waals surface area contributed by atoms with Crippen molar-refractivity contribution in [2.24, 2.45) is 0 Å². The molecular weight excluding hydrogens is 367 g/mol. The zero-order valence-corrected chi connectivity index (χ0v) is 15.8. The number of nitrogens with one attached hydrogen (secondary N) is 1. The van der Waals surface area contributed by atoms with Crippen molar-refractivity contribution in [1.29, 1.82) is 0 Å². The summed E-state index contributed by atoms with van der Waals surface area (Å²) < 4.78 is 19.4. The lowest BCUT2D eigenvalue weighted by molar-refractivity contribution is 0.0104. The van der Waals surface area contributed by atoms with E-state index in [4.69, 9.17) is 4.74 Å². The third kappa shape index (κ3) is 3.73. The van der Waals surface area contributed by atoms with Crippen LogP contribution in [0.4, 0.5) is 4.39 Å². The molecular formula is C19H21FN4O2S. The van der Waals surface area contributed by atoms with Crippen LogP contribution in [0.5, 0.6) is 0 Å². The Hall–Kier alpha value is -2.29. The van der Waals surface area contributed by atoms with Crippen LogP contribution >= 0.6 is 11.3 Å². The summed E-state index contributed by atoms with van der Waals surface area (Å²) in [5.74, 6) is -0.687. The van der Waals surface area contributed by atoms with Crippen LogP contribution in [0.1, 0.15) is 21.3 Å². The number of morpholine rings is 1. The molecule has 1 N–H and O–H groups in total. The van der Waals surface area contributed by atoms with Gasteiger partial charge in [-0.2, -0.15) is 0 Å².